The van der Waals surface area contributed by atoms with Crippen LogP contribution in [-0.4, -0.2) is 46.4 Å². The summed E-state index contributed by atoms with van der Waals surface area (Å²) >= 11 is 7.75. The van der Waals surface area contributed by atoms with E-state index in [1.807, 2.05) is 17.9 Å². The first-order valence-corrected chi connectivity index (χ1v) is 12.1. The van der Waals surface area contributed by atoms with Crippen molar-refractivity contribution in [1.82, 2.24) is 19.8 Å². The number of nitrogens with one attached hydrogen (secondary N) is 1. The summed E-state index contributed by atoms with van der Waals surface area (Å²) in [6, 6.07) is 7.80. The van der Waals surface area contributed by atoms with Crippen LogP contribution in [0.2, 0.25) is 5.02 Å². The topological polar surface area (TPSA) is 50.2 Å². The molecule has 1 aromatic heterocycles. The molecular weight excluding hydrogens is 473 g/mol. The summed E-state index contributed by atoms with van der Waals surface area (Å²) in [5, 5.41) is 3.68. The number of thioether (sulfide) groups is 1. The van der Waals surface area contributed by atoms with E-state index in [0.29, 0.717) is 18.1 Å². The molecule has 2 aromatic carbocycles. The number of benzene rings is 2. The van der Waals surface area contributed by atoms with Crippen molar-refractivity contribution in [2.24, 2.45) is 0 Å². The van der Waals surface area contributed by atoms with Crippen LogP contribution in [0.5, 0.6) is 0 Å². The number of rotatable bonds is 6. The van der Waals surface area contributed by atoms with Crippen molar-refractivity contribution < 1.29 is 13.2 Å². The van der Waals surface area contributed by atoms with E-state index in [9.17, 15) is 18.0 Å². The molecule has 1 aliphatic heterocycles. The maximum Gasteiger partial charge on any atom is 0.416 e. The molecule has 0 radical (unpaired) electrons. The minimum Gasteiger partial charge on any atom is -0.314 e. The SMILES string of the molecule is CCSc1ccc(Cl)cc1Cn1cnc2cc(CN3CCNCC3)c(C(F)(F)F)cc2c1=O. The van der Waals surface area contributed by atoms with Crippen LogP contribution in [0.15, 0.2) is 46.3 Å². The van der Waals surface area contributed by atoms with Crippen molar-refractivity contribution >= 4 is 34.3 Å². The summed E-state index contributed by atoms with van der Waals surface area (Å²) < 4.78 is 43.1. The van der Waals surface area contributed by atoms with Gasteiger partial charge in [0.1, 0.15) is 0 Å². The van der Waals surface area contributed by atoms with Gasteiger partial charge in [-0.15, -0.1) is 11.8 Å². The van der Waals surface area contributed by atoms with Gasteiger partial charge in [0, 0.05) is 42.6 Å². The van der Waals surface area contributed by atoms with Gasteiger partial charge in [-0.2, -0.15) is 13.2 Å². The Kier molecular flexibility index (Phi) is 7.33. The van der Waals surface area contributed by atoms with E-state index >= 15 is 0 Å². The van der Waals surface area contributed by atoms with E-state index in [1.54, 1.807) is 23.9 Å². The molecule has 1 fully saturated rings. The molecule has 1 saturated heterocycles. The van der Waals surface area contributed by atoms with Crippen LogP contribution in [0.25, 0.3) is 10.9 Å². The molecule has 0 aliphatic carbocycles. The van der Waals surface area contributed by atoms with Crippen molar-refractivity contribution in [2.75, 3.05) is 31.9 Å². The van der Waals surface area contributed by atoms with Gasteiger partial charge in [0.2, 0.25) is 0 Å². The van der Waals surface area contributed by atoms with Gasteiger partial charge in [-0.1, -0.05) is 18.5 Å². The van der Waals surface area contributed by atoms with Gasteiger partial charge in [0.25, 0.3) is 5.56 Å². The average molecular weight is 497 g/mol. The molecule has 3 aromatic rings. The first kappa shape index (κ1) is 24.1. The predicted molar refractivity (Wildman–Crippen MR) is 126 cm³/mol. The molecule has 176 valence electrons. The maximum absolute atomic E-state index is 13.9. The van der Waals surface area contributed by atoms with Crippen molar-refractivity contribution in [1.29, 1.82) is 0 Å². The molecule has 33 heavy (non-hydrogen) atoms. The molecule has 0 spiro atoms. The first-order chi connectivity index (χ1) is 15.8. The summed E-state index contributed by atoms with van der Waals surface area (Å²) in [6.07, 6.45) is -3.17. The van der Waals surface area contributed by atoms with Crippen LogP contribution in [0, 0.1) is 0 Å². The molecule has 0 atom stereocenters. The van der Waals surface area contributed by atoms with Gasteiger partial charge in [-0.25, -0.2) is 4.98 Å². The number of alkyl halides is 3. The maximum atomic E-state index is 13.9. The number of piperazine rings is 1. The molecule has 0 bridgehead atoms. The zero-order valence-corrected chi connectivity index (χ0v) is 19.7. The Bertz CT molecular complexity index is 1210. The van der Waals surface area contributed by atoms with Crippen molar-refractivity contribution in [3.05, 3.63) is 68.7 Å². The fraction of sp³-hybridized carbons (Fsp3) is 0.391. The molecule has 1 aliphatic rings. The van der Waals surface area contributed by atoms with Gasteiger partial charge in [0.15, 0.2) is 0 Å². The molecule has 10 heteroatoms. The molecule has 5 nitrogen and oxygen atoms in total. The van der Waals surface area contributed by atoms with Crippen LogP contribution in [0.1, 0.15) is 23.6 Å². The number of aromatic nitrogens is 2. The smallest absolute Gasteiger partial charge is 0.314 e. The molecule has 0 saturated carbocycles. The molecule has 4 rings (SSSR count). The fourth-order valence-corrected chi connectivity index (χ4v) is 5.00. The van der Waals surface area contributed by atoms with Crippen LogP contribution >= 0.6 is 23.4 Å². The highest BCUT2D eigenvalue weighted by Gasteiger charge is 2.34. The van der Waals surface area contributed by atoms with Crippen molar-refractivity contribution in [3.8, 4) is 0 Å². The average Bonchev–Trinajstić information content (AvgIpc) is 2.77. The van der Waals surface area contributed by atoms with Crippen LogP contribution < -0.4 is 10.9 Å². The minimum atomic E-state index is -4.57. The predicted octanol–water partition coefficient (Wildman–Crippen LogP) is 4.63. The highest BCUT2D eigenvalue weighted by atomic mass is 35.5. The third-order valence-corrected chi connectivity index (χ3v) is 6.85. The van der Waals surface area contributed by atoms with Crippen LogP contribution in [0.3, 0.4) is 0 Å². The zero-order valence-electron chi connectivity index (χ0n) is 18.1. The van der Waals surface area contributed by atoms with Gasteiger partial charge >= 0.3 is 6.18 Å². The number of fused-ring (bicyclic) bond motifs is 1. The Labute approximate surface area is 198 Å². The van der Waals surface area contributed by atoms with E-state index in [2.05, 4.69) is 10.3 Å². The second kappa shape index (κ2) is 10.0. The molecule has 1 N–H and O–H groups in total. The van der Waals surface area contributed by atoms with E-state index in [-0.39, 0.29) is 29.6 Å². The summed E-state index contributed by atoms with van der Waals surface area (Å²) in [4.78, 5) is 20.4. The normalized spacial score (nSPS) is 15.3. The third kappa shape index (κ3) is 5.54. The monoisotopic (exact) mass is 496 g/mol. The third-order valence-electron chi connectivity index (χ3n) is 5.62. The number of nitrogens with zero attached hydrogens (tertiary/aromatic N) is 3. The van der Waals surface area contributed by atoms with Gasteiger partial charge in [0.05, 0.1) is 29.3 Å². The van der Waals surface area contributed by atoms with Gasteiger partial charge in [-0.05, 0) is 47.2 Å². The van der Waals surface area contributed by atoms with Gasteiger partial charge < -0.3 is 5.32 Å². The second-order valence-electron chi connectivity index (χ2n) is 7.91. The number of halogens is 4. The Balaban J connectivity index is 1.75. The Morgan fingerprint density at radius 2 is 1.88 bits per heavy atom. The van der Waals surface area contributed by atoms with E-state index in [1.165, 1.54) is 17.0 Å². The zero-order chi connectivity index (χ0) is 23.6. The molecule has 2 heterocycles. The summed E-state index contributed by atoms with van der Waals surface area (Å²) in [6.45, 7) is 5.17. The van der Waals surface area contributed by atoms with E-state index in [4.69, 9.17) is 11.6 Å². The van der Waals surface area contributed by atoms with E-state index < -0.39 is 17.3 Å². The highest BCUT2D eigenvalue weighted by Crippen LogP contribution is 2.34. The minimum absolute atomic E-state index is 0.0411. The second-order valence-corrected chi connectivity index (χ2v) is 9.66. The lowest BCUT2D eigenvalue weighted by molar-refractivity contribution is -0.138. The Hall–Kier alpha value is -2.07. The largest absolute Gasteiger partial charge is 0.416 e. The van der Waals surface area contributed by atoms with E-state index in [0.717, 1.165) is 35.4 Å². The fourth-order valence-electron chi connectivity index (χ4n) is 4.02. The van der Waals surface area contributed by atoms with Crippen LogP contribution in [0.4, 0.5) is 13.2 Å². The summed E-state index contributed by atoms with van der Waals surface area (Å²) in [7, 11) is 0. The lowest BCUT2D eigenvalue weighted by atomic mass is 10.0. The molecule has 0 unspecified atom stereocenters. The first-order valence-electron chi connectivity index (χ1n) is 10.7. The molecule has 0 amide bonds. The van der Waals surface area contributed by atoms with Crippen molar-refractivity contribution in [2.45, 2.75) is 31.1 Å². The molecular formula is C23H24ClF3N4OS. The van der Waals surface area contributed by atoms with Crippen molar-refractivity contribution in [3.63, 3.8) is 0 Å². The lowest BCUT2D eigenvalue weighted by Crippen LogP contribution is -2.43. The number of hydrogen-bond donors (Lipinski definition) is 1. The van der Waals surface area contributed by atoms with Gasteiger partial charge in [-0.3, -0.25) is 14.3 Å². The standard InChI is InChI=1S/C23H24ClF3N4OS/c1-2-33-21-4-3-17(24)9-16(21)13-31-14-29-20-10-15(12-30-7-5-28-6-8-30)19(23(25,26)27)11-18(20)22(31)32/h3-4,9-11,14,28H,2,5-8,12-13H2,1H3. The van der Waals surface area contributed by atoms with Crippen LogP contribution in [-0.2, 0) is 19.3 Å². The quantitative estimate of drug-likeness (QED) is 0.504. The number of hydrogen-bond acceptors (Lipinski definition) is 5. The lowest BCUT2D eigenvalue weighted by Gasteiger charge is -2.28. The Morgan fingerprint density at radius 1 is 1.12 bits per heavy atom. The summed E-state index contributed by atoms with van der Waals surface area (Å²) in [5.41, 5.74) is -0.0626. The Morgan fingerprint density at radius 3 is 2.58 bits per heavy atom. The summed E-state index contributed by atoms with van der Waals surface area (Å²) in [5.74, 6) is 0.838. The highest BCUT2D eigenvalue weighted by molar-refractivity contribution is 7.99.